The highest BCUT2D eigenvalue weighted by molar-refractivity contribution is 7.91. The Kier molecular flexibility index (Phi) is 7.31. The van der Waals surface area contributed by atoms with Crippen molar-refractivity contribution in [1.82, 2.24) is 4.90 Å². The van der Waals surface area contributed by atoms with Gasteiger partial charge in [-0.05, 0) is 38.0 Å². The van der Waals surface area contributed by atoms with Crippen LogP contribution in [0, 0.1) is 0 Å². The van der Waals surface area contributed by atoms with Gasteiger partial charge in [-0.3, -0.25) is 4.79 Å². The Morgan fingerprint density at radius 3 is 2.55 bits per heavy atom. The number of halogens is 1. The van der Waals surface area contributed by atoms with Crippen molar-refractivity contribution < 1.29 is 31.2 Å². The molecule has 1 heterocycles. The number of sulfone groups is 1. The molecule has 2 atom stereocenters. The number of esters is 1. The van der Waals surface area contributed by atoms with Gasteiger partial charge in [0, 0.05) is 12.1 Å². The number of nitrogens with two attached hydrogens (primary N) is 1. The van der Waals surface area contributed by atoms with Crippen LogP contribution in [0.4, 0.5) is 0 Å². The first-order chi connectivity index (χ1) is 13.4. The number of nitrogens with zero attached hydrogens (tertiary/aromatic N) is 1. The van der Waals surface area contributed by atoms with Gasteiger partial charge < -0.3 is 9.64 Å². The highest BCUT2D eigenvalue weighted by atomic mass is 35.5. The maximum atomic E-state index is 12.7. The van der Waals surface area contributed by atoms with Gasteiger partial charge in [0.15, 0.2) is 16.4 Å². The molecule has 0 saturated carbocycles. The highest BCUT2D eigenvalue weighted by Crippen LogP contribution is 2.23. The van der Waals surface area contributed by atoms with E-state index >= 15 is 0 Å². The lowest BCUT2D eigenvalue weighted by Gasteiger charge is -2.33. The summed E-state index contributed by atoms with van der Waals surface area (Å²) in [6, 6.07) is 2.71. The van der Waals surface area contributed by atoms with Crippen molar-refractivity contribution in [3.8, 4) is 0 Å². The Morgan fingerprint density at radius 1 is 1.38 bits per heavy atom. The minimum atomic E-state index is -4.14. The van der Waals surface area contributed by atoms with Crippen LogP contribution >= 0.6 is 11.6 Å². The van der Waals surface area contributed by atoms with E-state index < -0.39 is 49.3 Å². The largest absolute Gasteiger partial charge is 0.452 e. The first kappa shape index (κ1) is 23.6. The van der Waals surface area contributed by atoms with Crippen LogP contribution in [0.15, 0.2) is 23.1 Å². The van der Waals surface area contributed by atoms with Crippen molar-refractivity contribution in [2.45, 2.75) is 43.7 Å². The van der Waals surface area contributed by atoms with Crippen LogP contribution in [-0.4, -0.2) is 63.8 Å². The maximum Gasteiger partial charge on any atom is 0.338 e. The second-order valence-electron chi connectivity index (χ2n) is 6.88. The van der Waals surface area contributed by atoms with E-state index in [1.54, 1.807) is 6.92 Å². The van der Waals surface area contributed by atoms with Crippen LogP contribution in [0.5, 0.6) is 0 Å². The Morgan fingerprint density at radius 2 is 2.03 bits per heavy atom. The predicted molar refractivity (Wildman–Crippen MR) is 107 cm³/mol. The number of hydrogen-bond donors (Lipinski definition) is 1. The second-order valence-corrected chi connectivity index (χ2v) is 11.0. The maximum absolute atomic E-state index is 12.7. The number of amides is 1. The fourth-order valence-corrected chi connectivity index (χ4v) is 5.92. The van der Waals surface area contributed by atoms with E-state index in [2.05, 4.69) is 0 Å². The minimum absolute atomic E-state index is 0.0127. The number of carbonyl (C=O) groups excluding carboxylic acids is 2. The summed E-state index contributed by atoms with van der Waals surface area (Å²) in [5.41, 5.74) is -0.134. The summed E-state index contributed by atoms with van der Waals surface area (Å²) >= 11 is 5.78. The van der Waals surface area contributed by atoms with Gasteiger partial charge in [-0.25, -0.2) is 26.8 Å². The van der Waals surface area contributed by atoms with Crippen LogP contribution in [-0.2, 0) is 29.4 Å². The quantitative estimate of drug-likeness (QED) is 0.590. The predicted octanol–water partition coefficient (Wildman–Crippen LogP) is 0.958. The van der Waals surface area contributed by atoms with Crippen LogP contribution in [0.3, 0.4) is 0 Å². The Bertz CT molecular complexity index is 1010. The third-order valence-electron chi connectivity index (χ3n) is 4.76. The van der Waals surface area contributed by atoms with E-state index in [0.717, 1.165) is 6.07 Å². The highest BCUT2D eigenvalue weighted by Gasteiger charge is 2.36. The zero-order valence-electron chi connectivity index (χ0n) is 16.0. The van der Waals surface area contributed by atoms with E-state index in [1.165, 1.54) is 17.0 Å². The molecule has 1 aromatic rings. The molecule has 2 rings (SSSR count). The number of benzene rings is 1. The van der Waals surface area contributed by atoms with E-state index in [-0.39, 0.29) is 28.1 Å². The van der Waals surface area contributed by atoms with Crippen molar-refractivity contribution in [2.75, 3.05) is 18.1 Å². The molecule has 1 saturated heterocycles. The SMILES string of the molecule is CCC(C)N(C(=O)COC(=O)c1ccc(Cl)c(S(N)(=O)=O)c1)C1CCS(=O)(=O)C1. The normalized spacial score (nSPS) is 19.5. The summed E-state index contributed by atoms with van der Waals surface area (Å²) < 4.78 is 51.6. The summed E-state index contributed by atoms with van der Waals surface area (Å²) in [6.45, 7) is 3.05. The number of primary sulfonamides is 1. The number of rotatable bonds is 7. The Balaban J connectivity index is 2.13. The fourth-order valence-electron chi connectivity index (χ4n) is 3.13. The first-order valence-corrected chi connectivity index (χ1v) is 12.6. The fraction of sp³-hybridized carbons (Fsp3) is 0.529. The summed E-state index contributed by atoms with van der Waals surface area (Å²) in [4.78, 5) is 26.0. The van der Waals surface area contributed by atoms with Crippen molar-refractivity contribution in [2.24, 2.45) is 5.14 Å². The molecule has 1 fully saturated rings. The van der Waals surface area contributed by atoms with Gasteiger partial charge in [-0.1, -0.05) is 18.5 Å². The number of hydrogen-bond acceptors (Lipinski definition) is 7. The second kappa shape index (κ2) is 8.99. The summed E-state index contributed by atoms with van der Waals surface area (Å²) in [5, 5.41) is 4.91. The zero-order chi connectivity index (χ0) is 22.0. The molecule has 2 N–H and O–H groups in total. The van der Waals surface area contributed by atoms with Gasteiger partial charge in [-0.2, -0.15) is 0 Å². The van der Waals surface area contributed by atoms with E-state index in [1.807, 2.05) is 6.92 Å². The molecule has 0 aliphatic carbocycles. The molecule has 29 heavy (non-hydrogen) atoms. The average Bonchev–Trinajstić information content (AvgIpc) is 2.98. The smallest absolute Gasteiger partial charge is 0.338 e. The third-order valence-corrected chi connectivity index (χ3v) is 7.90. The topological polar surface area (TPSA) is 141 Å². The zero-order valence-corrected chi connectivity index (χ0v) is 18.4. The molecule has 162 valence electrons. The monoisotopic (exact) mass is 466 g/mol. The molecule has 0 bridgehead atoms. The lowest BCUT2D eigenvalue weighted by Crippen LogP contribution is -2.48. The molecule has 9 nitrogen and oxygen atoms in total. The van der Waals surface area contributed by atoms with Crippen molar-refractivity contribution in [3.05, 3.63) is 28.8 Å². The molecular weight excluding hydrogens is 444 g/mol. The Hall–Kier alpha value is -1.69. The number of ether oxygens (including phenoxy) is 1. The van der Waals surface area contributed by atoms with E-state index in [4.69, 9.17) is 21.5 Å². The van der Waals surface area contributed by atoms with Gasteiger partial charge in [-0.15, -0.1) is 0 Å². The van der Waals surface area contributed by atoms with Crippen molar-refractivity contribution in [1.29, 1.82) is 0 Å². The molecule has 1 aliphatic heterocycles. The molecule has 2 unspecified atom stereocenters. The minimum Gasteiger partial charge on any atom is -0.452 e. The molecule has 0 spiro atoms. The Labute approximate surface area is 175 Å². The average molecular weight is 467 g/mol. The summed E-state index contributed by atoms with van der Waals surface area (Å²) in [7, 11) is -7.34. The van der Waals surface area contributed by atoms with Gasteiger partial charge in [0.25, 0.3) is 5.91 Å². The van der Waals surface area contributed by atoms with Gasteiger partial charge in [0.2, 0.25) is 10.0 Å². The molecule has 0 radical (unpaired) electrons. The van der Waals surface area contributed by atoms with Crippen LogP contribution < -0.4 is 5.14 Å². The number of carbonyl (C=O) groups is 2. The molecule has 1 amide bonds. The van der Waals surface area contributed by atoms with Gasteiger partial charge in [0.05, 0.1) is 22.1 Å². The van der Waals surface area contributed by atoms with Gasteiger partial charge >= 0.3 is 5.97 Å². The van der Waals surface area contributed by atoms with E-state index in [9.17, 15) is 26.4 Å². The van der Waals surface area contributed by atoms with Crippen LogP contribution in [0.1, 0.15) is 37.0 Å². The van der Waals surface area contributed by atoms with Gasteiger partial charge in [0.1, 0.15) is 4.90 Å². The lowest BCUT2D eigenvalue weighted by molar-refractivity contribution is -0.138. The molecule has 12 heteroatoms. The molecule has 1 aliphatic rings. The summed E-state index contributed by atoms with van der Waals surface area (Å²) in [5.74, 6) is -1.55. The molecule has 0 aromatic heterocycles. The molecular formula is C17H23ClN2O7S2. The molecule has 1 aromatic carbocycles. The van der Waals surface area contributed by atoms with Crippen LogP contribution in [0.25, 0.3) is 0 Å². The summed E-state index contributed by atoms with van der Waals surface area (Å²) in [6.07, 6.45) is 0.937. The van der Waals surface area contributed by atoms with Crippen molar-refractivity contribution >= 4 is 43.3 Å². The third kappa shape index (κ3) is 5.91. The van der Waals surface area contributed by atoms with E-state index in [0.29, 0.717) is 12.8 Å². The lowest BCUT2D eigenvalue weighted by atomic mass is 10.1. The first-order valence-electron chi connectivity index (χ1n) is 8.86. The number of sulfonamides is 1. The van der Waals surface area contributed by atoms with Crippen molar-refractivity contribution in [3.63, 3.8) is 0 Å². The standard InChI is InChI=1S/C17H23ClN2O7S2/c1-3-11(2)20(13-6-7-28(23,24)10-13)16(21)9-27-17(22)12-4-5-14(18)15(8-12)29(19,25)26/h4-5,8,11,13H,3,6-7,9-10H2,1-2H3,(H2,19,25,26). The van der Waals surface area contributed by atoms with Crippen LogP contribution in [0.2, 0.25) is 5.02 Å².